The number of hydrogen-bond acceptors (Lipinski definition) is 6. The molecule has 0 amide bonds. The largest absolute Gasteiger partial charge is 3.00 e. The first kappa shape index (κ1) is 24.1. The standard InChI is InChI=1S/C4H6O6.Bi.2Na/c5-1(3(7)8)2(6)4(9)10;;;/h1-2,5-6H,(H,7,8)(H,9,10);;;/q;+3;2*+1/p-2. The maximum absolute atomic E-state index is 9.63. The summed E-state index contributed by atoms with van der Waals surface area (Å²) >= 11 is 0. The molecule has 6 nitrogen and oxygen atoms in total. The van der Waals surface area contributed by atoms with Crippen LogP contribution < -0.4 is 69.3 Å². The fourth-order valence-corrected chi connectivity index (χ4v) is 0.258. The van der Waals surface area contributed by atoms with E-state index in [9.17, 15) is 19.8 Å². The third kappa shape index (κ3) is 10.0. The number of carbonyl (C=O) groups excluding carboxylic acids is 2. The maximum atomic E-state index is 9.63. The summed E-state index contributed by atoms with van der Waals surface area (Å²) in [6.45, 7) is 0. The second-order valence-corrected chi connectivity index (χ2v) is 1.53. The van der Waals surface area contributed by atoms with Crippen molar-refractivity contribution < 1.29 is 89.1 Å². The number of aliphatic hydroxyl groups is 2. The molecule has 0 rings (SSSR count). The summed E-state index contributed by atoms with van der Waals surface area (Å²) < 4.78 is 0. The van der Waals surface area contributed by atoms with Crippen molar-refractivity contribution in [3.05, 3.63) is 0 Å². The molecular weight excluding hydrogens is 399 g/mol. The molecule has 0 bridgehead atoms. The van der Waals surface area contributed by atoms with Gasteiger partial charge in [-0.25, -0.2) is 0 Å². The molecule has 0 saturated carbocycles. The Morgan fingerprint density at radius 3 is 1.15 bits per heavy atom. The number of aliphatic carboxylic acids is 2. The van der Waals surface area contributed by atoms with Crippen LogP contribution in [0.4, 0.5) is 0 Å². The van der Waals surface area contributed by atoms with Crippen molar-refractivity contribution in [3.63, 3.8) is 0 Å². The van der Waals surface area contributed by atoms with E-state index >= 15 is 0 Å². The van der Waals surface area contributed by atoms with Crippen molar-refractivity contribution in [1.29, 1.82) is 0 Å². The van der Waals surface area contributed by atoms with Crippen LogP contribution in [-0.4, -0.2) is 60.6 Å². The maximum Gasteiger partial charge on any atom is 3.00 e. The van der Waals surface area contributed by atoms with E-state index in [1.807, 2.05) is 0 Å². The molecule has 2 unspecified atom stereocenters. The number of carboxylic acids is 2. The third-order valence-corrected chi connectivity index (χ3v) is 0.782. The summed E-state index contributed by atoms with van der Waals surface area (Å²) in [5, 5.41) is 35.7. The van der Waals surface area contributed by atoms with Crippen LogP contribution in [0.5, 0.6) is 0 Å². The van der Waals surface area contributed by atoms with E-state index in [1.165, 1.54) is 0 Å². The molecule has 2 radical (unpaired) electrons. The fraction of sp³-hybridized carbons (Fsp3) is 0.500. The minimum Gasteiger partial charge on any atom is -0.547 e. The van der Waals surface area contributed by atoms with Crippen molar-refractivity contribution in [2.45, 2.75) is 12.2 Å². The van der Waals surface area contributed by atoms with Gasteiger partial charge in [0.15, 0.2) is 0 Å². The summed E-state index contributed by atoms with van der Waals surface area (Å²) in [5.41, 5.74) is 0. The van der Waals surface area contributed by atoms with E-state index in [1.54, 1.807) is 0 Å². The molecule has 0 aromatic heterocycles. The van der Waals surface area contributed by atoms with E-state index in [0.29, 0.717) is 0 Å². The monoisotopic (exact) mass is 403 g/mol. The molecule has 9 heteroatoms. The zero-order chi connectivity index (χ0) is 8.31. The van der Waals surface area contributed by atoms with Crippen LogP contribution in [0.15, 0.2) is 0 Å². The van der Waals surface area contributed by atoms with Gasteiger partial charge in [-0.15, -0.1) is 0 Å². The summed E-state index contributed by atoms with van der Waals surface area (Å²) in [6, 6.07) is 0. The van der Waals surface area contributed by atoms with Crippen LogP contribution in [0.2, 0.25) is 0 Å². The first-order valence-electron chi connectivity index (χ1n) is 2.24. The van der Waals surface area contributed by atoms with Crippen LogP contribution in [0.25, 0.3) is 0 Å². The Kier molecular flexibility index (Phi) is 21.9. The number of carboxylic acid groups (broad SMARTS) is 2. The quantitative estimate of drug-likeness (QED) is 0.452. The van der Waals surface area contributed by atoms with Crippen LogP contribution in [0.1, 0.15) is 0 Å². The Morgan fingerprint density at radius 2 is 1.08 bits per heavy atom. The molecule has 0 aliphatic carbocycles. The summed E-state index contributed by atoms with van der Waals surface area (Å²) in [4.78, 5) is 19.3. The number of rotatable bonds is 3. The van der Waals surface area contributed by atoms with Crippen molar-refractivity contribution in [2.24, 2.45) is 0 Å². The van der Waals surface area contributed by atoms with Crippen LogP contribution >= 0.6 is 0 Å². The predicted octanol–water partition coefficient (Wildman–Crippen LogP) is -11.2. The van der Waals surface area contributed by atoms with Gasteiger partial charge in [0.1, 0.15) is 12.2 Å². The van der Waals surface area contributed by atoms with Crippen molar-refractivity contribution in [2.75, 3.05) is 0 Å². The molecular formula is C4H4BiNa2O6+3. The number of carbonyl (C=O) groups is 2. The molecule has 60 valence electrons. The van der Waals surface area contributed by atoms with E-state index in [-0.39, 0.29) is 85.3 Å². The SMILES string of the molecule is O=C([O-])C(O)C(O)C(=O)[O-].[Bi+3].[Na+].[Na+]. The second kappa shape index (κ2) is 11.8. The first-order valence-corrected chi connectivity index (χ1v) is 2.24. The number of aliphatic hydroxyl groups excluding tert-OH is 2. The minimum absolute atomic E-state index is 0. The van der Waals surface area contributed by atoms with Gasteiger partial charge in [0, 0.05) is 0 Å². The zero-order valence-corrected chi connectivity index (χ0v) is 14.6. The summed E-state index contributed by atoms with van der Waals surface area (Å²) in [7, 11) is 0. The van der Waals surface area contributed by atoms with Gasteiger partial charge in [-0.2, -0.15) is 0 Å². The Labute approximate surface area is 137 Å². The van der Waals surface area contributed by atoms with E-state index in [4.69, 9.17) is 10.2 Å². The Hall–Kier alpha value is 1.74. The average molecular weight is 403 g/mol. The van der Waals surface area contributed by atoms with Gasteiger partial charge >= 0.3 is 85.3 Å². The molecule has 0 heterocycles. The topological polar surface area (TPSA) is 121 Å². The molecule has 0 aliphatic heterocycles. The minimum atomic E-state index is -2.44. The van der Waals surface area contributed by atoms with Gasteiger partial charge in [0.2, 0.25) is 0 Å². The van der Waals surface area contributed by atoms with Crippen molar-refractivity contribution in [1.82, 2.24) is 0 Å². The summed E-state index contributed by atoms with van der Waals surface area (Å²) in [6.07, 6.45) is -4.88. The van der Waals surface area contributed by atoms with Gasteiger partial charge < -0.3 is 30.0 Å². The molecule has 2 N–H and O–H groups in total. The molecule has 0 aromatic rings. The average Bonchev–Trinajstić information content (AvgIpc) is 1.84. The molecule has 0 fully saturated rings. The van der Waals surface area contributed by atoms with Crippen molar-refractivity contribution >= 4 is 38.1 Å². The van der Waals surface area contributed by atoms with E-state index < -0.39 is 24.1 Å². The van der Waals surface area contributed by atoms with E-state index in [2.05, 4.69) is 0 Å². The van der Waals surface area contributed by atoms with Crippen LogP contribution in [0, 0.1) is 0 Å². The molecule has 13 heavy (non-hydrogen) atoms. The van der Waals surface area contributed by atoms with Crippen LogP contribution in [0.3, 0.4) is 0 Å². The van der Waals surface area contributed by atoms with Gasteiger partial charge in [0.05, 0.1) is 11.9 Å². The van der Waals surface area contributed by atoms with Crippen LogP contribution in [-0.2, 0) is 9.59 Å². The molecule has 0 spiro atoms. The molecule has 0 aromatic carbocycles. The Bertz CT molecular complexity index is 147. The van der Waals surface area contributed by atoms with E-state index in [0.717, 1.165) is 0 Å². The first-order chi connectivity index (χ1) is 4.46. The van der Waals surface area contributed by atoms with Gasteiger partial charge in [-0.3, -0.25) is 0 Å². The van der Waals surface area contributed by atoms with Crippen molar-refractivity contribution in [3.8, 4) is 0 Å². The summed E-state index contributed by atoms with van der Waals surface area (Å²) in [5.74, 6) is -4.12. The zero-order valence-electron chi connectivity index (χ0n) is 7.13. The van der Waals surface area contributed by atoms with Gasteiger partial charge in [-0.05, 0) is 0 Å². The fourth-order valence-electron chi connectivity index (χ4n) is 0.258. The molecule has 0 aliphatic rings. The number of hydrogen-bond donors (Lipinski definition) is 2. The second-order valence-electron chi connectivity index (χ2n) is 1.53. The molecule has 0 saturated heterocycles. The predicted molar refractivity (Wildman–Crippen MR) is 27.8 cm³/mol. The van der Waals surface area contributed by atoms with Gasteiger partial charge in [0.25, 0.3) is 0 Å². The normalized spacial score (nSPS) is 12.2. The third-order valence-electron chi connectivity index (χ3n) is 0.782. The Balaban J connectivity index is -0.000000135. The molecule has 2 atom stereocenters. The Morgan fingerprint density at radius 1 is 0.923 bits per heavy atom. The van der Waals surface area contributed by atoms with Gasteiger partial charge in [-0.1, -0.05) is 0 Å². The smallest absolute Gasteiger partial charge is 0.547 e.